The van der Waals surface area contributed by atoms with E-state index in [9.17, 15) is 0 Å². The molecule has 0 saturated heterocycles. The summed E-state index contributed by atoms with van der Waals surface area (Å²) < 4.78 is 0. The van der Waals surface area contributed by atoms with E-state index in [1.165, 1.54) is 0 Å². The molecule has 1 aliphatic carbocycles. The highest BCUT2D eigenvalue weighted by Gasteiger charge is 2.26. The molecule has 0 bridgehead atoms. The lowest BCUT2D eigenvalue weighted by Crippen LogP contribution is -2.21. The summed E-state index contributed by atoms with van der Waals surface area (Å²) in [5.41, 5.74) is 11.8. The number of fused-ring (bicyclic) bond motifs is 1. The van der Waals surface area contributed by atoms with Gasteiger partial charge >= 0.3 is 0 Å². The maximum Gasteiger partial charge on any atom is 0.220 e. The predicted molar refractivity (Wildman–Crippen MR) is 83.1 cm³/mol. The van der Waals surface area contributed by atoms with Gasteiger partial charge in [-0.3, -0.25) is 0 Å². The molecule has 2 radical (unpaired) electrons. The van der Waals surface area contributed by atoms with Crippen LogP contribution in [0.1, 0.15) is 34.9 Å². The Balaban J connectivity index is 2.05. The Labute approximate surface area is 120 Å². The maximum atomic E-state index is 6.09. The summed E-state index contributed by atoms with van der Waals surface area (Å²) in [7, 11) is 6.09. The van der Waals surface area contributed by atoms with Gasteiger partial charge in [-0.15, -0.1) is 0 Å². The molecule has 0 saturated carbocycles. The third-order valence-corrected chi connectivity index (χ3v) is 3.90. The van der Waals surface area contributed by atoms with E-state index in [4.69, 9.17) is 13.6 Å². The van der Waals surface area contributed by atoms with Crippen molar-refractivity contribution >= 4 is 24.8 Å². The Morgan fingerprint density at radius 1 is 1.25 bits per heavy atom. The van der Waals surface area contributed by atoms with E-state index in [0.29, 0.717) is 11.9 Å². The van der Waals surface area contributed by atoms with Gasteiger partial charge in [0.2, 0.25) is 5.95 Å². The second-order valence-electron chi connectivity index (χ2n) is 5.33. The van der Waals surface area contributed by atoms with Crippen molar-refractivity contribution in [1.82, 2.24) is 9.97 Å². The second kappa shape index (κ2) is 4.78. The van der Waals surface area contributed by atoms with Crippen LogP contribution in [0, 0.1) is 6.92 Å². The smallest absolute Gasteiger partial charge is 0.220 e. The van der Waals surface area contributed by atoms with Crippen LogP contribution in [0.4, 0.5) is 5.95 Å². The number of hydrogen-bond donors (Lipinski definition) is 1. The lowest BCUT2D eigenvalue weighted by atomic mass is 9.75. The molecule has 98 valence electrons. The first-order valence-corrected chi connectivity index (χ1v) is 6.71. The van der Waals surface area contributed by atoms with Crippen molar-refractivity contribution < 1.29 is 0 Å². The molecule has 0 fully saturated rings. The van der Waals surface area contributed by atoms with Crippen LogP contribution in [0.3, 0.4) is 0 Å². The highest BCUT2D eigenvalue weighted by Crippen LogP contribution is 2.38. The highest BCUT2D eigenvalue weighted by atomic mass is 15.0. The number of hydrogen-bond acceptors (Lipinski definition) is 3. The molecular formula is C16H16BN3. The molecule has 1 unspecified atom stereocenters. The molecule has 1 aromatic carbocycles. The zero-order valence-corrected chi connectivity index (χ0v) is 11.6. The van der Waals surface area contributed by atoms with Gasteiger partial charge in [0.25, 0.3) is 0 Å². The van der Waals surface area contributed by atoms with Gasteiger partial charge in [-0.05, 0) is 31.3 Å². The van der Waals surface area contributed by atoms with Crippen LogP contribution in [0.5, 0.6) is 0 Å². The Hall–Kier alpha value is -2.10. The van der Waals surface area contributed by atoms with Gasteiger partial charge in [0.1, 0.15) is 7.85 Å². The predicted octanol–water partition coefficient (Wildman–Crippen LogP) is 1.90. The van der Waals surface area contributed by atoms with Crippen molar-refractivity contribution in [3.05, 3.63) is 53.4 Å². The largest absolute Gasteiger partial charge is 0.368 e. The van der Waals surface area contributed by atoms with Gasteiger partial charge in [-0.25, -0.2) is 9.97 Å². The Bertz CT molecular complexity index is 694. The lowest BCUT2D eigenvalue weighted by molar-refractivity contribution is 0.668. The molecule has 4 heteroatoms. The molecule has 1 atom stereocenters. The van der Waals surface area contributed by atoms with Crippen molar-refractivity contribution in [1.29, 1.82) is 0 Å². The Kier molecular flexibility index (Phi) is 3.09. The normalized spacial score (nSPS) is 17.9. The zero-order valence-electron chi connectivity index (χ0n) is 11.6. The van der Waals surface area contributed by atoms with Crippen LogP contribution in [0.2, 0.25) is 0 Å². The summed E-state index contributed by atoms with van der Waals surface area (Å²) >= 11 is 0. The van der Waals surface area contributed by atoms with Crippen molar-refractivity contribution in [3.8, 4) is 0 Å². The first-order valence-electron chi connectivity index (χ1n) is 6.71. The molecule has 3 nitrogen and oxygen atoms in total. The molecule has 0 amide bonds. The SMILES string of the molecule is [B]c1ccccc1C1CC(=C)c2c(C)nc(N)nc2C1. The van der Waals surface area contributed by atoms with Gasteiger partial charge in [0.15, 0.2) is 0 Å². The first kappa shape index (κ1) is 12.9. The fraction of sp³-hybridized carbons (Fsp3) is 0.250. The number of aryl methyl sites for hydroxylation is 1. The topological polar surface area (TPSA) is 51.8 Å². The average Bonchev–Trinajstić information content (AvgIpc) is 2.37. The summed E-state index contributed by atoms with van der Waals surface area (Å²) in [6.45, 7) is 6.15. The van der Waals surface area contributed by atoms with Gasteiger partial charge in [-0.1, -0.05) is 41.9 Å². The summed E-state index contributed by atoms with van der Waals surface area (Å²) in [5.74, 6) is 0.639. The van der Waals surface area contributed by atoms with Gasteiger partial charge in [0, 0.05) is 5.56 Å². The minimum absolute atomic E-state index is 0.310. The van der Waals surface area contributed by atoms with Crippen molar-refractivity contribution in [2.24, 2.45) is 0 Å². The fourth-order valence-electron chi connectivity index (χ4n) is 3.07. The number of allylic oxidation sites excluding steroid dienone is 1. The molecule has 1 aliphatic rings. The van der Waals surface area contributed by atoms with Crippen LogP contribution < -0.4 is 11.2 Å². The summed E-state index contributed by atoms with van der Waals surface area (Å²) in [5, 5.41) is 0. The molecule has 1 aromatic heterocycles. The maximum absolute atomic E-state index is 6.09. The van der Waals surface area contributed by atoms with Crippen LogP contribution in [-0.4, -0.2) is 17.8 Å². The first-order chi connectivity index (χ1) is 9.56. The molecule has 20 heavy (non-hydrogen) atoms. The molecule has 2 aromatic rings. The van der Waals surface area contributed by atoms with Gasteiger partial charge in [-0.2, -0.15) is 0 Å². The molecule has 1 heterocycles. The zero-order chi connectivity index (χ0) is 14.3. The number of nitrogens with two attached hydrogens (primary N) is 1. The third-order valence-electron chi connectivity index (χ3n) is 3.90. The molecule has 2 N–H and O–H groups in total. The van der Waals surface area contributed by atoms with Gasteiger partial charge < -0.3 is 5.73 Å². The Morgan fingerprint density at radius 3 is 2.75 bits per heavy atom. The van der Waals surface area contributed by atoms with Crippen LogP contribution in [0.25, 0.3) is 5.57 Å². The number of aromatic nitrogens is 2. The minimum atomic E-state index is 0.310. The number of anilines is 1. The summed E-state index contributed by atoms with van der Waals surface area (Å²) in [6, 6.07) is 7.99. The molecular weight excluding hydrogens is 245 g/mol. The van der Waals surface area contributed by atoms with E-state index in [-0.39, 0.29) is 0 Å². The molecule has 0 aliphatic heterocycles. The number of nitrogens with zero attached hydrogens (tertiary/aromatic N) is 2. The molecule has 3 rings (SSSR count). The van der Waals surface area contributed by atoms with E-state index in [1.54, 1.807) is 0 Å². The average molecular weight is 261 g/mol. The highest BCUT2D eigenvalue weighted by molar-refractivity contribution is 6.33. The standard InChI is InChI=1S/C16H16BN3/c1-9-7-11(12-5-3-4-6-13(12)17)8-14-15(9)10(2)19-16(18)20-14/h3-6,11H,1,7-8H2,2H3,(H2,18,19,20). The molecule has 0 spiro atoms. The number of nitrogen functional groups attached to an aromatic ring is 1. The minimum Gasteiger partial charge on any atom is -0.368 e. The second-order valence-corrected chi connectivity index (χ2v) is 5.33. The van der Waals surface area contributed by atoms with Crippen molar-refractivity contribution in [2.45, 2.75) is 25.7 Å². The third kappa shape index (κ3) is 2.11. The lowest BCUT2D eigenvalue weighted by Gasteiger charge is -2.28. The number of benzene rings is 1. The van der Waals surface area contributed by atoms with E-state index in [2.05, 4.69) is 22.6 Å². The fourth-order valence-corrected chi connectivity index (χ4v) is 3.07. The summed E-state index contributed by atoms with van der Waals surface area (Å²) in [6.07, 6.45) is 1.71. The van der Waals surface area contributed by atoms with Crippen LogP contribution in [-0.2, 0) is 6.42 Å². The van der Waals surface area contributed by atoms with E-state index in [1.807, 2.05) is 25.1 Å². The van der Waals surface area contributed by atoms with E-state index in [0.717, 1.165) is 46.4 Å². The van der Waals surface area contributed by atoms with Crippen molar-refractivity contribution in [3.63, 3.8) is 0 Å². The number of rotatable bonds is 1. The Morgan fingerprint density at radius 2 is 2.00 bits per heavy atom. The van der Waals surface area contributed by atoms with Crippen LogP contribution in [0.15, 0.2) is 30.8 Å². The van der Waals surface area contributed by atoms with E-state index < -0.39 is 0 Å². The monoisotopic (exact) mass is 261 g/mol. The van der Waals surface area contributed by atoms with Crippen molar-refractivity contribution in [2.75, 3.05) is 5.73 Å². The summed E-state index contributed by atoms with van der Waals surface area (Å²) in [4.78, 5) is 8.63. The van der Waals surface area contributed by atoms with Gasteiger partial charge in [0.05, 0.1) is 11.4 Å². The quantitative estimate of drug-likeness (QED) is 0.798. The van der Waals surface area contributed by atoms with E-state index >= 15 is 0 Å². The van der Waals surface area contributed by atoms with Crippen LogP contribution >= 0.6 is 0 Å².